The van der Waals surface area contributed by atoms with Crippen LogP contribution in [0.25, 0.3) is 33.4 Å². The number of pyridine rings is 1. The minimum absolute atomic E-state index is 0.0434. The molecule has 3 N–H and O–H groups in total. The molecule has 76 heavy (non-hydrogen) atoms. The molecule has 1 aromatic carbocycles. The topological polar surface area (TPSA) is 170 Å². The second-order valence-corrected chi connectivity index (χ2v) is 25.3. The number of nitrogens with zero attached hydrogens (tertiary/aromatic N) is 8. The standard InChI is InChI=1S/C56H74F3N11O5S/c1-33(2)47-39(23-37(26-61-47)66-20-18-65(19-21-66)36-10-11-36)49-40-25-54(5,6)32-75-53(74)41-8-7-15-70(64-41)52(73)42(24-46-62-44(28-76-46)35-9-12-45(38(40)22-35)69(49)31-56(57,58)59)63-50(71)48(34(3)4)67-16-13-55(29-67)14-17-68(30-55)51(72)43-27-60-43/h9,12,22-23,26,28,33-34,36,41-43,48,60,64H,7-8,10-11,13-21,24-25,27,29-32H2,1-6H3,(H,63,71)/t41-,42-,43+,48-,55-/m0/s1. The third-order valence-electron chi connectivity index (χ3n) is 17.0. The molecule has 11 rings (SSSR count). The van der Waals surface area contributed by atoms with Gasteiger partial charge in [0.05, 0.1) is 52.7 Å². The molecule has 5 atom stereocenters. The van der Waals surface area contributed by atoms with E-state index in [2.05, 4.69) is 30.8 Å². The molecule has 7 aliphatic rings. The summed E-state index contributed by atoms with van der Waals surface area (Å²) >= 11 is 1.35. The van der Waals surface area contributed by atoms with E-state index in [1.165, 1.54) is 33.8 Å². The van der Waals surface area contributed by atoms with Crippen LogP contribution in [0.1, 0.15) is 102 Å². The predicted octanol–water partition coefficient (Wildman–Crippen LogP) is 6.37. The summed E-state index contributed by atoms with van der Waals surface area (Å²) in [5.41, 5.74) is 7.36. The number of likely N-dealkylation sites (tertiary alicyclic amines) is 2. The van der Waals surface area contributed by atoms with Crippen LogP contribution in [-0.2, 0) is 43.3 Å². The Kier molecular flexibility index (Phi) is 14.3. The zero-order valence-electron chi connectivity index (χ0n) is 44.8. The second-order valence-electron chi connectivity index (χ2n) is 24.3. The number of esters is 1. The summed E-state index contributed by atoms with van der Waals surface area (Å²) in [5.74, 6) is -1.28. The van der Waals surface area contributed by atoms with E-state index in [1.807, 2.05) is 76.2 Å². The Hall–Kier alpha value is -5.15. The van der Waals surface area contributed by atoms with Gasteiger partial charge in [-0.1, -0.05) is 47.6 Å². The maximum absolute atomic E-state index is 15.1. The highest BCUT2D eigenvalue weighted by atomic mass is 32.1. The van der Waals surface area contributed by atoms with E-state index in [-0.39, 0.29) is 54.6 Å². The lowest BCUT2D eigenvalue weighted by molar-refractivity contribution is -0.155. The van der Waals surface area contributed by atoms with Crippen LogP contribution in [0.3, 0.4) is 0 Å². The normalized spacial score (nSPS) is 26.2. The van der Waals surface area contributed by atoms with Gasteiger partial charge in [0.25, 0.3) is 5.91 Å². The predicted molar refractivity (Wildman–Crippen MR) is 285 cm³/mol. The summed E-state index contributed by atoms with van der Waals surface area (Å²) in [6.07, 6.45) is 2.75. The van der Waals surface area contributed by atoms with Crippen LogP contribution in [0.2, 0.25) is 0 Å². The molecule has 3 aromatic heterocycles. The summed E-state index contributed by atoms with van der Waals surface area (Å²) in [6, 6.07) is 5.64. The Morgan fingerprint density at radius 3 is 2.45 bits per heavy atom. The van der Waals surface area contributed by atoms with E-state index in [4.69, 9.17) is 14.7 Å². The Morgan fingerprint density at radius 1 is 0.974 bits per heavy atom. The number of alkyl halides is 3. The minimum Gasteiger partial charge on any atom is -0.464 e. The number of ether oxygens (including phenoxy) is 1. The van der Waals surface area contributed by atoms with Gasteiger partial charge < -0.3 is 29.7 Å². The molecule has 20 heteroatoms. The zero-order valence-corrected chi connectivity index (χ0v) is 45.6. The number of fused-ring (bicyclic) bond motifs is 6. The van der Waals surface area contributed by atoms with Crippen LogP contribution < -0.4 is 21.0 Å². The number of anilines is 1. The fourth-order valence-electron chi connectivity index (χ4n) is 12.9. The quantitative estimate of drug-likeness (QED) is 0.119. The van der Waals surface area contributed by atoms with Crippen LogP contribution in [0, 0.1) is 16.7 Å². The molecule has 6 fully saturated rings. The van der Waals surface area contributed by atoms with Gasteiger partial charge >= 0.3 is 12.1 Å². The lowest BCUT2D eigenvalue weighted by Crippen LogP contribution is -2.62. The Bertz CT molecular complexity index is 2870. The van der Waals surface area contributed by atoms with Gasteiger partial charge in [-0.05, 0) is 87.1 Å². The van der Waals surface area contributed by atoms with Gasteiger partial charge in [0.2, 0.25) is 11.8 Å². The number of cyclic esters (lactones) is 1. The molecule has 5 saturated heterocycles. The van der Waals surface area contributed by atoms with E-state index >= 15 is 13.2 Å². The Morgan fingerprint density at radius 2 is 1.74 bits per heavy atom. The van der Waals surface area contributed by atoms with Crippen molar-refractivity contribution in [1.82, 2.24) is 50.3 Å². The van der Waals surface area contributed by atoms with E-state index in [0.29, 0.717) is 101 Å². The summed E-state index contributed by atoms with van der Waals surface area (Å²) < 4.78 is 52.8. The fourth-order valence-corrected chi connectivity index (χ4v) is 13.7. The number of benzene rings is 1. The largest absolute Gasteiger partial charge is 0.464 e. The van der Waals surface area contributed by atoms with Gasteiger partial charge in [0.15, 0.2) is 0 Å². The smallest absolute Gasteiger partial charge is 0.406 e. The molecule has 6 aliphatic heterocycles. The van der Waals surface area contributed by atoms with Crippen LogP contribution in [0.5, 0.6) is 0 Å². The second kappa shape index (κ2) is 20.6. The molecule has 6 bridgehead atoms. The van der Waals surface area contributed by atoms with Crippen molar-refractivity contribution in [2.75, 3.05) is 77.0 Å². The summed E-state index contributed by atoms with van der Waals surface area (Å²) in [4.78, 5) is 75.8. The molecule has 1 aliphatic carbocycles. The first-order valence-corrected chi connectivity index (χ1v) is 28.6. The molecule has 1 saturated carbocycles. The number of carbonyl (C=O) groups is 4. The van der Waals surface area contributed by atoms with Crippen molar-refractivity contribution in [2.45, 2.75) is 142 Å². The lowest BCUT2D eigenvalue weighted by atomic mass is 9.84. The number of hydrogen-bond donors (Lipinski definition) is 3. The number of hydrogen-bond acceptors (Lipinski definition) is 13. The molecule has 0 unspecified atom stereocenters. The molecule has 410 valence electrons. The highest BCUT2D eigenvalue weighted by Crippen LogP contribution is 2.45. The number of hydrazine groups is 1. The first-order valence-electron chi connectivity index (χ1n) is 27.7. The first-order chi connectivity index (χ1) is 36.2. The SMILES string of the molecule is CC(C)c1ncc(N2CCN(C3CC3)CC2)cc1-c1c2c3cc(ccc3n1CC(F)(F)F)-c1csc(n1)C[C@H](NC(=O)[C@H](C(C)C)N1CC[C@]3(CCN(C(=O)[C@H]4CN4)C3)C1)C(=O)N1CCC[C@H](N1)C(=O)OCC(C)(C)C2. The molecule has 16 nitrogen and oxygen atoms in total. The molecule has 3 amide bonds. The summed E-state index contributed by atoms with van der Waals surface area (Å²) in [6.45, 7) is 17.9. The number of thiazole rings is 1. The number of carbonyl (C=O) groups excluding carboxylic acids is 4. The van der Waals surface area contributed by atoms with Crippen LogP contribution in [-0.4, -0.2) is 166 Å². The number of rotatable bonds is 10. The average molecular weight is 1070 g/mol. The molecule has 0 radical (unpaired) electrons. The maximum Gasteiger partial charge on any atom is 0.406 e. The van der Waals surface area contributed by atoms with Gasteiger partial charge in [-0.3, -0.25) is 39.0 Å². The third-order valence-corrected chi connectivity index (χ3v) is 17.9. The van der Waals surface area contributed by atoms with Gasteiger partial charge in [0, 0.05) is 110 Å². The van der Waals surface area contributed by atoms with Crippen molar-refractivity contribution in [3.8, 4) is 22.5 Å². The van der Waals surface area contributed by atoms with E-state index < -0.39 is 48.1 Å². The van der Waals surface area contributed by atoms with Gasteiger partial charge in [-0.15, -0.1) is 11.3 Å². The van der Waals surface area contributed by atoms with Crippen molar-refractivity contribution < 1.29 is 37.1 Å². The zero-order chi connectivity index (χ0) is 53.4. The number of nitrogens with one attached hydrogen (secondary N) is 3. The monoisotopic (exact) mass is 1070 g/mol. The third kappa shape index (κ3) is 11.0. The Labute approximate surface area is 447 Å². The van der Waals surface area contributed by atoms with Crippen molar-refractivity contribution in [3.63, 3.8) is 0 Å². The summed E-state index contributed by atoms with van der Waals surface area (Å²) in [5, 5.41) is 10.9. The minimum atomic E-state index is -4.57. The van der Waals surface area contributed by atoms with Crippen molar-refractivity contribution in [3.05, 3.63) is 52.1 Å². The van der Waals surface area contributed by atoms with Crippen molar-refractivity contribution in [2.24, 2.45) is 16.7 Å². The molecular weight excluding hydrogens is 996 g/mol. The maximum atomic E-state index is 15.1. The summed E-state index contributed by atoms with van der Waals surface area (Å²) in [7, 11) is 0. The first kappa shape index (κ1) is 52.9. The molecular formula is C56H74F3N11O5S. The lowest BCUT2D eigenvalue weighted by Gasteiger charge is -2.37. The molecule has 1 spiro atoms. The van der Waals surface area contributed by atoms with Crippen LogP contribution >= 0.6 is 11.3 Å². The van der Waals surface area contributed by atoms with Crippen LogP contribution in [0.15, 0.2) is 35.8 Å². The van der Waals surface area contributed by atoms with E-state index in [0.717, 1.165) is 51.3 Å². The Balaban J connectivity index is 0.954. The number of piperazine rings is 1. The van der Waals surface area contributed by atoms with Gasteiger partial charge in [-0.25, -0.2) is 10.4 Å². The highest BCUT2D eigenvalue weighted by molar-refractivity contribution is 7.10. The average Bonchev–Trinajstić information content (AvgIpc) is 4.29. The highest BCUT2D eigenvalue weighted by Gasteiger charge is 2.50. The van der Waals surface area contributed by atoms with Gasteiger partial charge in [-0.2, -0.15) is 13.2 Å². The number of halogens is 3. The van der Waals surface area contributed by atoms with E-state index in [9.17, 15) is 19.2 Å². The number of aromatic nitrogens is 3. The molecule has 4 aromatic rings. The van der Waals surface area contributed by atoms with Gasteiger partial charge in [0.1, 0.15) is 18.6 Å². The van der Waals surface area contributed by atoms with Crippen LogP contribution in [0.4, 0.5) is 18.9 Å². The van der Waals surface area contributed by atoms with E-state index in [1.54, 1.807) is 6.07 Å². The van der Waals surface area contributed by atoms with Crippen molar-refractivity contribution >= 4 is 51.6 Å². The fraction of sp³-hybridized carbons (Fsp3) is 0.643. The van der Waals surface area contributed by atoms with Crippen molar-refractivity contribution in [1.29, 1.82) is 0 Å². The molecule has 9 heterocycles. The number of amides is 3.